The van der Waals surface area contributed by atoms with Crippen molar-refractivity contribution in [2.75, 3.05) is 6.79 Å². The van der Waals surface area contributed by atoms with Crippen LogP contribution in [0.4, 0.5) is 0 Å². The molecule has 4 heteroatoms. The van der Waals surface area contributed by atoms with Crippen LogP contribution >= 0.6 is 0 Å². The molecular weight excluding hydrogens is 220 g/mol. The molecule has 1 aromatic rings. The first kappa shape index (κ1) is 10.4. The fraction of sp³-hybridized carbons (Fsp3) is 0.462. The lowest BCUT2D eigenvalue weighted by Crippen LogP contribution is -2.42. The molecule has 0 radical (unpaired) electrons. The maximum absolute atomic E-state index is 11.5. The molecule has 1 aromatic carbocycles. The van der Waals surface area contributed by atoms with Crippen molar-refractivity contribution in [3.05, 3.63) is 23.3 Å². The Kier molecular flexibility index (Phi) is 2.08. The quantitative estimate of drug-likeness (QED) is 0.852. The summed E-state index contributed by atoms with van der Waals surface area (Å²) < 4.78 is 10.8. The van der Waals surface area contributed by atoms with Gasteiger partial charge in [0.2, 0.25) is 6.79 Å². The van der Waals surface area contributed by atoms with E-state index in [1.165, 1.54) is 0 Å². The van der Waals surface area contributed by atoms with Crippen LogP contribution in [0.25, 0.3) is 0 Å². The number of hydrogen-bond donors (Lipinski definition) is 1. The summed E-state index contributed by atoms with van der Waals surface area (Å²) in [5, 5.41) is 9.46. The molecule has 3 rings (SSSR count). The van der Waals surface area contributed by atoms with E-state index in [1.807, 2.05) is 19.1 Å². The maximum atomic E-state index is 11.5. The minimum absolute atomic E-state index is 0.182. The van der Waals surface area contributed by atoms with Gasteiger partial charge in [-0.3, -0.25) is 4.79 Å². The van der Waals surface area contributed by atoms with Gasteiger partial charge in [0.05, 0.1) is 5.41 Å². The Morgan fingerprint density at radius 3 is 2.71 bits per heavy atom. The molecule has 0 amide bonds. The van der Waals surface area contributed by atoms with Crippen LogP contribution in [-0.2, 0) is 10.2 Å². The molecule has 1 aliphatic carbocycles. The van der Waals surface area contributed by atoms with Crippen molar-refractivity contribution in [1.82, 2.24) is 0 Å². The summed E-state index contributed by atoms with van der Waals surface area (Å²) in [7, 11) is 0. The Morgan fingerprint density at radius 1 is 1.35 bits per heavy atom. The van der Waals surface area contributed by atoms with Crippen LogP contribution in [0.5, 0.6) is 11.5 Å². The molecule has 0 unspecified atom stereocenters. The molecule has 0 aromatic heterocycles. The minimum atomic E-state index is -0.760. The van der Waals surface area contributed by atoms with Crippen molar-refractivity contribution >= 4 is 5.97 Å². The lowest BCUT2D eigenvalue weighted by Gasteiger charge is -2.38. The van der Waals surface area contributed by atoms with Gasteiger partial charge in [0.15, 0.2) is 11.5 Å². The van der Waals surface area contributed by atoms with Crippen molar-refractivity contribution < 1.29 is 19.4 Å². The van der Waals surface area contributed by atoms with Gasteiger partial charge in [0, 0.05) is 5.56 Å². The van der Waals surface area contributed by atoms with E-state index in [0.29, 0.717) is 24.3 Å². The molecule has 0 spiro atoms. The number of rotatable bonds is 2. The highest BCUT2D eigenvalue weighted by Crippen LogP contribution is 2.51. The fourth-order valence-corrected chi connectivity index (χ4v) is 2.63. The Hall–Kier alpha value is -1.71. The number of carboxylic acid groups (broad SMARTS) is 1. The summed E-state index contributed by atoms with van der Waals surface area (Å²) in [4.78, 5) is 11.5. The average Bonchev–Trinajstić information content (AvgIpc) is 2.62. The molecule has 1 saturated carbocycles. The molecular formula is C13H14O4. The highest BCUT2D eigenvalue weighted by Gasteiger charge is 2.48. The second-order valence-electron chi connectivity index (χ2n) is 4.79. The van der Waals surface area contributed by atoms with Gasteiger partial charge in [0.1, 0.15) is 0 Å². The van der Waals surface area contributed by atoms with Crippen LogP contribution in [0, 0.1) is 6.92 Å². The topological polar surface area (TPSA) is 55.8 Å². The van der Waals surface area contributed by atoms with E-state index in [2.05, 4.69) is 0 Å². The molecule has 17 heavy (non-hydrogen) atoms. The number of carbonyl (C=O) groups is 1. The molecule has 1 aliphatic heterocycles. The third-order valence-electron chi connectivity index (χ3n) is 3.75. The van der Waals surface area contributed by atoms with Crippen molar-refractivity contribution in [2.45, 2.75) is 31.6 Å². The summed E-state index contributed by atoms with van der Waals surface area (Å²) in [6.07, 6.45) is 2.32. The number of ether oxygens (including phenoxy) is 2. The predicted molar refractivity (Wildman–Crippen MR) is 60.5 cm³/mol. The minimum Gasteiger partial charge on any atom is -0.481 e. The van der Waals surface area contributed by atoms with E-state index < -0.39 is 11.4 Å². The van der Waals surface area contributed by atoms with E-state index in [-0.39, 0.29) is 6.79 Å². The van der Waals surface area contributed by atoms with Gasteiger partial charge in [-0.25, -0.2) is 0 Å². The first-order valence-corrected chi connectivity index (χ1v) is 5.78. The van der Waals surface area contributed by atoms with Crippen LogP contribution < -0.4 is 9.47 Å². The summed E-state index contributed by atoms with van der Waals surface area (Å²) in [6, 6.07) is 3.81. The molecule has 1 N–H and O–H groups in total. The van der Waals surface area contributed by atoms with E-state index in [0.717, 1.165) is 17.5 Å². The summed E-state index contributed by atoms with van der Waals surface area (Å²) in [5.74, 6) is 0.539. The summed E-state index contributed by atoms with van der Waals surface area (Å²) in [6.45, 7) is 2.13. The smallest absolute Gasteiger partial charge is 0.314 e. The zero-order chi connectivity index (χ0) is 12.0. The van der Waals surface area contributed by atoms with E-state index in [9.17, 15) is 9.90 Å². The van der Waals surface area contributed by atoms with Gasteiger partial charge < -0.3 is 14.6 Å². The Balaban J connectivity index is 2.17. The molecule has 4 nitrogen and oxygen atoms in total. The molecule has 2 aliphatic rings. The highest BCUT2D eigenvalue weighted by atomic mass is 16.7. The lowest BCUT2D eigenvalue weighted by molar-refractivity contribution is -0.147. The monoisotopic (exact) mass is 234 g/mol. The van der Waals surface area contributed by atoms with Gasteiger partial charge in [-0.05, 0) is 31.4 Å². The number of aliphatic carboxylic acids is 1. The van der Waals surface area contributed by atoms with Crippen molar-refractivity contribution in [1.29, 1.82) is 0 Å². The maximum Gasteiger partial charge on any atom is 0.314 e. The van der Waals surface area contributed by atoms with Gasteiger partial charge in [-0.1, -0.05) is 12.5 Å². The Bertz CT molecular complexity index is 488. The van der Waals surface area contributed by atoms with Gasteiger partial charge in [-0.15, -0.1) is 0 Å². The fourth-order valence-electron chi connectivity index (χ4n) is 2.63. The Labute approximate surface area is 99.2 Å². The third-order valence-corrected chi connectivity index (χ3v) is 3.75. The number of carboxylic acids is 1. The summed E-state index contributed by atoms with van der Waals surface area (Å²) in [5.41, 5.74) is 1.03. The van der Waals surface area contributed by atoms with E-state index in [4.69, 9.17) is 9.47 Å². The van der Waals surface area contributed by atoms with Crippen LogP contribution in [0.15, 0.2) is 12.1 Å². The number of fused-ring (bicyclic) bond motifs is 1. The molecule has 0 atom stereocenters. The van der Waals surface area contributed by atoms with Gasteiger partial charge >= 0.3 is 5.97 Å². The number of benzene rings is 1. The standard InChI is InChI=1S/C13H14O4/c1-8-5-9(11-10(6-8)16-7-17-11)13(12(14)15)3-2-4-13/h5-6H,2-4,7H2,1H3,(H,14,15). The second-order valence-corrected chi connectivity index (χ2v) is 4.79. The molecule has 1 heterocycles. The molecule has 1 fully saturated rings. The van der Waals surface area contributed by atoms with Crippen LogP contribution in [0.3, 0.4) is 0 Å². The zero-order valence-corrected chi connectivity index (χ0v) is 9.66. The average molecular weight is 234 g/mol. The first-order chi connectivity index (χ1) is 8.13. The number of hydrogen-bond acceptors (Lipinski definition) is 3. The normalized spacial score (nSPS) is 19.8. The molecule has 0 saturated heterocycles. The zero-order valence-electron chi connectivity index (χ0n) is 9.66. The van der Waals surface area contributed by atoms with Gasteiger partial charge in [-0.2, -0.15) is 0 Å². The van der Waals surface area contributed by atoms with Crippen LogP contribution in [0.1, 0.15) is 30.4 Å². The lowest BCUT2D eigenvalue weighted by atomic mass is 9.64. The van der Waals surface area contributed by atoms with Crippen molar-refractivity contribution in [2.24, 2.45) is 0 Å². The van der Waals surface area contributed by atoms with Crippen LogP contribution in [-0.4, -0.2) is 17.9 Å². The van der Waals surface area contributed by atoms with Crippen molar-refractivity contribution in [3.8, 4) is 11.5 Å². The summed E-state index contributed by atoms with van der Waals surface area (Å²) >= 11 is 0. The van der Waals surface area contributed by atoms with Crippen LogP contribution in [0.2, 0.25) is 0 Å². The predicted octanol–water partition coefficient (Wildman–Crippen LogP) is 2.23. The van der Waals surface area contributed by atoms with Gasteiger partial charge in [0.25, 0.3) is 0 Å². The molecule has 0 bridgehead atoms. The van der Waals surface area contributed by atoms with Crippen molar-refractivity contribution in [3.63, 3.8) is 0 Å². The third kappa shape index (κ3) is 1.33. The Morgan fingerprint density at radius 2 is 2.12 bits per heavy atom. The van der Waals surface area contributed by atoms with E-state index >= 15 is 0 Å². The first-order valence-electron chi connectivity index (χ1n) is 5.78. The highest BCUT2D eigenvalue weighted by molar-refractivity contribution is 5.84. The second kappa shape index (κ2) is 3.39. The van der Waals surface area contributed by atoms with E-state index in [1.54, 1.807) is 0 Å². The number of aryl methyl sites for hydroxylation is 1. The largest absolute Gasteiger partial charge is 0.481 e. The molecule has 90 valence electrons. The SMILES string of the molecule is Cc1cc2c(c(C3(C(=O)O)CCC3)c1)OCO2.